The number of aromatic hydroxyl groups is 1. The molecule has 0 radical (unpaired) electrons. The third kappa shape index (κ3) is 3.05. The molecule has 2 aromatic carbocycles. The smallest absolute Gasteiger partial charge is 0.231 e. The minimum absolute atomic E-state index is 0.190. The minimum atomic E-state index is 0.190. The minimum Gasteiger partial charge on any atom is -0.508 e. The highest BCUT2D eigenvalue weighted by molar-refractivity contribution is 7.11. The highest BCUT2D eigenvalue weighted by Crippen LogP contribution is 2.36. The van der Waals surface area contributed by atoms with Gasteiger partial charge < -0.3 is 14.6 Å². The number of hydrogen-bond acceptors (Lipinski definition) is 6. The number of rotatable bonds is 3. The standard InChI is InChI=1S/C19H12N2O3S/c20-9-14(7-12-1-4-15(22)5-2-12)19-21-16(10-25-19)13-3-6-17-18(8-13)24-11-23-17/h1-8,10,22H,11H2/b14-7-. The van der Waals surface area contributed by atoms with E-state index in [0.717, 1.165) is 22.6 Å². The van der Waals surface area contributed by atoms with Gasteiger partial charge in [0.05, 0.1) is 11.3 Å². The van der Waals surface area contributed by atoms with Crippen molar-refractivity contribution in [1.29, 1.82) is 5.26 Å². The van der Waals surface area contributed by atoms with Gasteiger partial charge in [0.15, 0.2) is 11.5 Å². The summed E-state index contributed by atoms with van der Waals surface area (Å²) < 4.78 is 10.7. The number of allylic oxidation sites excluding steroid dienone is 1. The number of nitrogens with zero attached hydrogens (tertiary/aromatic N) is 2. The quantitative estimate of drug-likeness (QED) is 0.714. The third-order valence-electron chi connectivity index (χ3n) is 3.73. The van der Waals surface area contributed by atoms with Crippen LogP contribution in [0.15, 0.2) is 47.8 Å². The number of nitriles is 1. The van der Waals surface area contributed by atoms with E-state index in [9.17, 15) is 10.4 Å². The lowest BCUT2D eigenvalue weighted by Gasteiger charge is -1.99. The van der Waals surface area contributed by atoms with Crippen molar-refractivity contribution in [2.75, 3.05) is 6.79 Å². The van der Waals surface area contributed by atoms with Gasteiger partial charge in [-0.1, -0.05) is 12.1 Å². The highest BCUT2D eigenvalue weighted by Gasteiger charge is 2.15. The molecule has 1 N–H and O–H groups in total. The van der Waals surface area contributed by atoms with Gasteiger partial charge in [0.2, 0.25) is 6.79 Å². The molecule has 2 heterocycles. The maximum atomic E-state index is 9.46. The van der Waals surface area contributed by atoms with Crippen LogP contribution >= 0.6 is 11.3 Å². The predicted molar refractivity (Wildman–Crippen MR) is 95.3 cm³/mol. The molecular formula is C19H12N2O3S. The van der Waals surface area contributed by atoms with Crippen LogP contribution in [0.25, 0.3) is 22.9 Å². The molecule has 0 atom stereocenters. The van der Waals surface area contributed by atoms with Crippen LogP contribution < -0.4 is 9.47 Å². The molecule has 6 heteroatoms. The monoisotopic (exact) mass is 348 g/mol. The van der Waals surface area contributed by atoms with Crippen LogP contribution in [-0.2, 0) is 0 Å². The van der Waals surface area contributed by atoms with Crippen LogP contribution in [0.2, 0.25) is 0 Å². The van der Waals surface area contributed by atoms with Gasteiger partial charge in [-0.05, 0) is 42.0 Å². The van der Waals surface area contributed by atoms with E-state index >= 15 is 0 Å². The fourth-order valence-corrected chi connectivity index (χ4v) is 3.26. The molecular weight excluding hydrogens is 336 g/mol. The van der Waals surface area contributed by atoms with E-state index in [0.29, 0.717) is 16.3 Å². The Morgan fingerprint density at radius 2 is 1.96 bits per heavy atom. The van der Waals surface area contributed by atoms with Crippen molar-refractivity contribution in [2.24, 2.45) is 0 Å². The lowest BCUT2D eigenvalue weighted by Crippen LogP contribution is -1.92. The number of phenolic OH excluding ortho intramolecular Hbond substituents is 1. The summed E-state index contributed by atoms with van der Waals surface area (Å²) in [6.45, 7) is 0.231. The molecule has 0 saturated carbocycles. The summed E-state index contributed by atoms with van der Waals surface area (Å²) in [7, 11) is 0. The summed E-state index contributed by atoms with van der Waals surface area (Å²) in [4.78, 5) is 4.57. The van der Waals surface area contributed by atoms with E-state index in [-0.39, 0.29) is 12.5 Å². The van der Waals surface area contributed by atoms with Gasteiger partial charge in [-0.25, -0.2) is 4.98 Å². The van der Waals surface area contributed by atoms with Crippen LogP contribution in [0.5, 0.6) is 17.2 Å². The molecule has 0 spiro atoms. The second-order valence-electron chi connectivity index (χ2n) is 5.37. The van der Waals surface area contributed by atoms with Crippen molar-refractivity contribution < 1.29 is 14.6 Å². The molecule has 1 aliphatic heterocycles. The van der Waals surface area contributed by atoms with Gasteiger partial charge in [-0.15, -0.1) is 11.3 Å². The molecule has 25 heavy (non-hydrogen) atoms. The average Bonchev–Trinajstić information content (AvgIpc) is 3.30. The zero-order chi connectivity index (χ0) is 17.2. The second kappa shape index (κ2) is 6.30. The van der Waals surface area contributed by atoms with E-state index in [1.165, 1.54) is 11.3 Å². The summed E-state index contributed by atoms with van der Waals surface area (Å²) in [5, 5.41) is 21.4. The number of benzene rings is 2. The van der Waals surface area contributed by atoms with Crippen molar-refractivity contribution >= 4 is 23.0 Å². The molecule has 5 nitrogen and oxygen atoms in total. The molecule has 3 aromatic rings. The van der Waals surface area contributed by atoms with Crippen molar-refractivity contribution in [3.63, 3.8) is 0 Å². The molecule has 0 fully saturated rings. The van der Waals surface area contributed by atoms with Crippen LogP contribution in [0.1, 0.15) is 10.6 Å². The maximum absolute atomic E-state index is 9.46. The van der Waals surface area contributed by atoms with Gasteiger partial charge in [0, 0.05) is 10.9 Å². The molecule has 0 saturated heterocycles. The second-order valence-corrected chi connectivity index (χ2v) is 6.23. The van der Waals surface area contributed by atoms with E-state index in [4.69, 9.17) is 9.47 Å². The van der Waals surface area contributed by atoms with Crippen LogP contribution in [0.3, 0.4) is 0 Å². The number of hydrogen-bond donors (Lipinski definition) is 1. The van der Waals surface area contributed by atoms with Gasteiger partial charge in [-0.2, -0.15) is 5.26 Å². The van der Waals surface area contributed by atoms with E-state index in [2.05, 4.69) is 11.1 Å². The lowest BCUT2D eigenvalue weighted by molar-refractivity contribution is 0.174. The summed E-state index contributed by atoms with van der Waals surface area (Å²) in [6, 6.07) is 14.5. The molecule has 122 valence electrons. The largest absolute Gasteiger partial charge is 0.508 e. The first kappa shape index (κ1) is 15.2. The van der Waals surface area contributed by atoms with Crippen LogP contribution in [-0.4, -0.2) is 16.9 Å². The molecule has 1 aromatic heterocycles. The third-order valence-corrected chi connectivity index (χ3v) is 4.60. The van der Waals surface area contributed by atoms with Gasteiger partial charge >= 0.3 is 0 Å². The summed E-state index contributed by atoms with van der Waals surface area (Å²) in [6.07, 6.45) is 1.75. The normalized spacial score (nSPS) is 12.8. The Morgan fingerprint density at radius 1 is 1.16 bits per heavy atom. The highest BCUT2D eigenvalue weighted by atomic mass is 32.1. The number of fused-ring (bicyclic) bond motifs is 1. The lowest BCUT2D eigenvalue weighted by atomic mass is 10.1. The van der Waals surface area contributed by atoms with Gasteiger partial charge in [0.1, 0.15) is 16.8 Å². The van der Waals surface area contributed by atoms with Crippen molar-refractivity contribution in [1.82, 2.24) is 4.98 Å². The van der Waals surface area contributed by atoms with Gasteiger partial charge in [-0.3, -0.25) is 0 Å². The fraction of sp³-hybridized carbons (Fsp3) is 0.0526. The number of ether oxygens (including phenoxy) is 2. The van der Waals surface area contributed by atoms with E-state index < -0.39 is 0 Å². The van der Waals surface area contributed by atoms with Crippen molar-refractivity contribution in [2.45, 2.75) is 0 Å². The summed E-state index contributed by atoms with van der Waals surface area (Å²) in [5.74, 6) is 1.62. The number of phenols is 1. The molecule has 4 rings (SSSR count). The SMILES string of the molecule is N#C/C(=C/c1ccc(O)cc1)c1nc(-c2ccc3c(c2)OCO3)cs1. The number of aromatic nitrogens is 1. The fourth-order valence-electron chi connectivity index (χ4n) is 2.46. The Morgan fingerprint density at radius 3 is 2.76 bits per heavy atom. The summed E-state index contributed by atoms with van der Waals surface area (Å²) >= 11 is 1.41. The predicted octanol–water partition coefficient (Wildman–Crippen LogP) is 4.31. The molecule has 0 amide bonds. The van der Waals surface area contributed by atoms with Crippen LogP contribution in [0.4, 0.5) is 0 Å². The molecule has 0 aliphatic carbocycles. The summed E-state index contributed by atoms with van der Waals surface area (Å²) in [5.41, 5.74) is 3.00. The Kier molecular flexibility index (Phi) is 3.84. The van der Waals surface area contributed by atoms with Gasteiger partial charge in [0.25, 0.3) is 0 Å². The maximum Gasteiger partial charge on any atom is 0.231 e. The Labute approximate surface area is 148 Å². The zero-order valence-corrected chi connectivity index (χ0v) is 13.8. The van der Waals surface area contributed by atoms with Crippen LogP contribution in [0, 0.1) is 11.3 Å². The number of thiazole rings is 1. The topological polar surface area (TPSA) is 75.4 Å². The Bertz CT molecular complexity index is 1000. The average molecular weight is 348 g/mol. The Balaban J connectivity index is 1.65. The van der Waals surface area contributed by atoms with E-state index in [1.54, 1.807) is 30.3 Å². The Hall–Kier alpha value is -3.30. The van der Waals surface area contributed by atoms with Crippen molar-refractivity contribution in [3.05, 3.63) is 58.4 Å². The first-order valence-corrected chi connectivity index (χ1v) is 8.37. The van der Waals surface area contributed by atoms with E-state index in [1.807, 2.05) is 23.6 Å². The molecule has 0 bridgehead atoms. The molecule has 0 unspecified atom stereocenters. The first-order valence-electron chi connectivity index (χ1n) is 7.50. The van der Waals surface area contributed by atoms with Crippen molar-refractivity contribution in [3.8, 4) is 34.6 Å². The zero-order valence-electron chi connectivity index (χ0n) is 13.0. The first-order chi connectivity index (χ1) is 12.2. The molecule has 1 aliphatic rings.